The van der Waals surface area contributed by atoms with Crippen molar-refractivity contribution in [3.63, 3.8) is 0 Å². The lowest BCUT2D eigenvalue weighted by atomic mass is 10.3. The fourth-order valence-corrected chi connectivity index (χ4v) is 2.56. The molecule has 0 aliphatic carbocycles. The van der Waals surface area contributed by atoms with E-state index in [0.29, 0.717) is 6.54 Å². The van der Waals surface area contributed by atoms with Crippen LogP contribution in [0.2, 0.25) is 0 Å². The Morgan fingerprint density at radius 1 is 1.45 bits per heavy atom. The first-order valence-electron chi connectivity index (χ1n) is 5.30. The number of urea groups is 1. The van der Waals surface area contributed by atoms with Gasteiger partial charge in [-0.1, -0.05) is 11.3 Å². The Kier molecular flexibility index (Phi) is 4.23. The Morgan fingerprint density at radius 3 is 2.75 bits per heavy atom. The Balaban J connectivity index is 1.95. The molecule has 0 bridgehead atoms. The monoisotopic (exact) mass is 322 g/mol. The second kappa shape index (κ2) is 5.75. The molecule has 2 amide bonds. The van der Waals surface area contributed by atoms with Crippen molar-refractivity contribution in [1.29, 1.82) is 0 Å². The highest BCUT2D eigenvalue weighted by atomic mass is 32.1. The molecular weight excluding hydrogens is 313 g/mol. The lowest BCUT2D eigenvalue weighted by molar-refractivity contribution is -0.138. The van der Waals surface area contributed by atoms with E-state index in [1.54, 1.807) is 7.05 Å². The van der Waals surface area contributed by atoms with Crippen molar-refractivity contribution in [2.24, 2.45) is 0 Å². The van der Waals surface area contributed by atoms with Crippen molar-refractivity contribution in [3.05, 3.63) is 27.4 Å². The Morgan fingerprint density at radius 2 is 2.20 bits per heavy atom. The summed E-state index contributed by atoms with van der Waals surface area (Å²) < 4.78 is 37.0. The summed E-state index contributed by atoms with van der Waals surface area (Å²) >= 11 is 1.79. The largest absolute Gasteiger partial charge is 0.445 e. The third kappa shape index (κ3) is 3.67. The Labute approximate surface area is 120 Å². The summed E-state index contributed by atoms with van der Waals surface area (Å²) in [5, 5.41) is 11.1. The Hall–Kier alpha value is -1.68. The molecule has 0 radical (unpaired) electrons. The van der Waals surface area contributed by atoms with Crippen molar-refractivity contribution in [2.75, 3.05) is 12.4 Å². The summed E-state index contributed by atoms with van der Waals surface area (Å²) in [7, 11) is 1.54. The molecule has 0 fully saturated rings. The highest BCUT2D eigenvalue weighted by Crippen LogP contribution is 2.33. The van der Waals surface area contributed by atoms with E-state index in [9.17, 15) is 18.0 Å². The van der Waals surface area contributed by atoms with E-state index in [1.807, 2.05) is 16.8 Å². The Bertz CT molecular complexity index is 582. The summed E-state index contributed by atoms with van der Waals surface area (Å²) in [6.07, 6.45) is -4.55. The maximum absolute atomic E-state index is 12.3. The standard InChI is InChI=1S/C10H9F3N4OS2/c1-17(4-6-2-3-19-5-6)9(18)14-8-16-15-7(20-8)10(11,12)13/h2-3,5H,4H2,1H3,(H,14,16,18). The van der Waals surface area contributed by atoms with Crippen LogP contribution in [0.5, 0.6) is 0 Å². The van der Waals surface area contributed by atoms with E-state index in [2.05, 4.69) is 15.5 Å². The fraction of sp³-hybridized carbons (Fsp3) is 0.300. The van der Waals surface area contributed by atoms with Gasteiger partial charge in [0.05, 0.1) is 0 Å². The number of nitrogens with one attached hydrogen (secondary N) is 1. The molecule has 0 aliphatic rings. The number of carbonyl (C=O) groups excluding carboxylic acids is 1. The lowest BCUT2D eigenvalue weighted by Gasteiger charge is -2.15. The van der Waals surface area contributed by atoms with Gasteiger partial charge in [-0.15, -0.1) is 10.2 Å². The van der Waals surface area contributed by atoms with Crippen LogP contribution < -0.4 is 5.32 Å². The maximum Gasteiger partial charge on any atom is 0.445 e. The van der Waals surface area contributed by atoms with Crippen molar-refractivity contribution in [2.45, 2.75) is 12.7 Å². The molecular formula is C10H9F3N4OS2. The van der Waals surface area contributed by atoms with Crippen LogP contribution in [-0.4, -0.2) is 28.2 Å². The zero-order chi connectivity index (χ0) is 14.8. The second-order valence-electron chi connectivity index (χ2n) is 3.83. The van der Waals surface area contributed by atoms with E-state index in [0.717, 1.165) is 5.56 Å². The summed E-state index contributed by atoms with van der Waals surface area (Å²) in [5.74, 6) is 0. The number of thiophene rings is 1. The molecule has 0 atom stereocenters. The first-order valence-corrected chi connectivity index (χ1v) is 7.06. The number of aromatic nitrogens is 2. The summed E-state index contributed by atoms with van der Waals surface area (Å²) in [5.41, 5.74) is 0.945. The molecule has 20 heavy (non-hydrogen) atoms. The number of anilines is 1. The van der Waals surface area contributed by atoms with Crippen LogP contribution in [0.3, 0.4) is 0 Å². The van der Waals surface area contributed by atoms with Crippen LogP contribution in [0.4, 0.5) is 23.1 Å². The molecule has 0 aliphatic heterocycles. The lowest BCUT2D eigenvalue weighted by Crippen LogP contribution is -2.30. The number of hydrogen-bond acceptors (Lipinski definition) is 5. The zero-order valence-electron chi connectivity index (χ0n) is 10.1. The summed E-state index contributed by atoms with van der Waals surface area (Å²) in [4.78, 5) is 13.1. The molecule has 5 nitrogen and oxygen atoms in total. The molecule has 0 unspecified atom stereocenters. The van der Waals surface area contributed by atoms with E-state index >= 15 is 0 Å². The van der Waals surface area contributed by atoms with Gasteiger partial charge in [0.2, 0.25) is 10.1 Å². The number of nitrogens with zero attached hydrogens (tertiary/aromatic N) is 3. The minimum absolute atomic E-state index is 0.181. The van der Waals surface area contributed by atoms with Gasteiger partial charge in [-0.3, -0.25) is 5.32 Å². The van der Waals surface area contributed by atoms with Crippen molar-refractivity contribution < 1.29 is 18.0 Å². The average molecular weight is 322 g/mol. The van der Waals surface area contributed by atoms with Crippen LogP contribution in [0.15, 0.2) is 16.8 Å². The minimum atomic E-state index is -4.55. The first-order chi connectivity index (χ1) is 9.36. The number of amides is 2. The summed E-state index contributed by atoms with van der Waals surface area (Å²) in [6, 6.07) is 1.32. The third-order valence-electron chi connectivity index (χ3n) is 2.23. The van der Waals surface area contributed by atoms with Crippen LogP contribution in [0.25, 0.3) is 0 Å². The van der Waals surface area contributed by atoms with Gasteiger partial charge in [0.25, 0.3) is 0 Å². The highest BCUT2D eigenvalue weighted by molar-refractivity contribution is 7.15. The molecule has 2 aromatic heterocycles. The van der Waals surface area contributed by atoms with Crippen molar-refractivity contribution >= 4 is 33.8 Å². The predicted octanol–water partition coefficient (Wildman–Crippen LogP) is 3.28. The van der Waals surface area contributed by atoms with Crippen LogP contribution in [-0.2, 0) is 12.7 Å². The molecule has 0 saturated carbocycles. The number of carbonyl (C=O) groups is 1. The van der Waals surface area contributed by atoms with E-state index in [-0.39, 0.29) is 16.5 Å². The molecule has 108 valence electrons. The quantitative estimate of drug-likeness (QED) is 0.943. The van der Waals surface area contributed by atoms with E-state index < -0.39 is 17.2 Å². The van der Waals surface area contributed by atoms with E-state index in [1.165, 1.54) is 16.2 Å². The SMILES string of the molecule is CN(Cc1ccsc1)C(=O)Nc1nnc(C(F)(F)F)s1. The van der Waals surface area contributed by atoms with Gasteiger partial charge in [-0.2, -0.15) is 24.5 Å². The van der Waals surface area contributed by atoms with Gasteiger partial charge in [-0.05, 0) is 22.4 Å². The van der Waals surface area contributed by atoms with Gasteiger partial charge >= 0.3 is 12.2 Å². The molecule has 2 aromatic rings. The minimum Gasteiger partial charge on any atom is -0.323 e. The molecule has 10 heteroatoms. The topological polar surface area (TPSA) is 58.1 Å². The molecule has 1 N–H and O–H groups in total. The fourth-order valence-electron chi connectivity index (χ4n) is 1.30. The smallest absolute Gasteiger partial charge is 0.323 e. The van der Waals surface area contributed by atoms with Gasteiger partial charge in [0, 0.05) is 13.6 Å². The van der Waals surface area contributed by atoms with Crippen LogP contribution >= 0.6 is 22.7 Å². The van der Waals surface area contributed by atoms with Gasteiger partial charge < -0.3 is 4.90 Å². The predicted molar refractivity (Wildman–Crippen MR) is 69.7 cm³/mol. The first kappa shape index (κ1) is 14.7. The number of halogens is 3. The number of rotatable bonds is 3. The van der Waals surface area contributed by atoms with Crippen molar-refractivity contribution in [3.8, 4) is 0 Å². The van der Waals surface area contributed by atoms with Crippen LogP contribution in [0, 0.1) is 0 Å². The third-order valence-corrected chi connectivity index (χ3v) is 3.84. The highest BCUT2D eigenvalue weighted by Gasteiger charge is 2.35. The van der Waals surface area contributed by atoms with Crippen LogP contribution in [0.1, 0.15) is 10.6 Å². The second-order valence-corrected chi connectivity index (χ2v) is 5.59. The number of alkyl halides is 3. The zero-order valence-corrected chi connectivity index (χ0v) is 11.8. The molecule has 2 heterocycles. The van der Waals surface area contributed by atoms with Gasteiger partial charge in [0.15, 0.2) is 0 Å². The normalized spacial score (nSPS) is 11.4. The molecule has 0 spiro atoms. The average Bonchev–Trinajstić information content (AvgIpc) is 2.98. The maximum atomic E-state index is 12.3. The summed E-state index contributed by atoms with van der Waals surface area (Å²) in [6.45, 7) is 0.361. The van der Waals surface area contributed by atoms with Gasteiger partial charge in [0.1, 0.15) is 0 Å². The van der Waals surface area contributed by atoms with Crippen molar-refractivity contribution in [1.82, 2.24) is 15.1 Å². The van der Waals surface area contributed by atoms with Gasteiger partial charge in [-0.25, -0.2) is 4.79 Å². The molecule has 0 saturated heterocycles. The van der Waals surface area contributed by atoms with E-state index in [4.69, 9.17) is 0 Å². The number of hydrogen-bond donors (Lipinski definition) is 1. The molecule has 2 rings (SSSR count). The molecule has 0 aromatic carbocycles.